The number of benzene rings is 1. The molecule has 6 nitrogen and oxygen atoms in total. The Labute approximate surface area is 171 Å². The Bertz CT molecular complexity index is 852. The van der Waals surface area contributed by atoms with Crippen LogP contribution in [0.4, 0.5) is 0 Å². The quantitative estimate of drug-likeness (QED) is 0.757. The lowest BCUT2D eigenvalue weighted by atomic mass is 10.1. The lowest BCUT2D eigenvalue weighted by Gasteiger charge is -2.32. The van der Waals surface area contributed by atoms with Gasteiger partial charge in [0.1, 0.15) is 5.82 Å². The van der Waals surface area contributed by atoms with Crippen LogP contribution in [0.3, 0.4) is 0 Å². The molecular formula is C21H29N5OS. The van der Waals surface area contributed by atoms with Crippen molar-refractivity contribution in [3.63, 3.8) is 0 Å². The van der Waals surface area contributed by atoms with Crippen LogP contribution in [0.15, 0.2) is 23.4 Å². The highest BCUT2D eigenvalue weighted by molar-refractivity contribution is 7.99. The molecule has 1 N–H and O–H groups in total. The Morgan fingerprint density at radius 2 is 1.89 bits per heavy atom. The van der Waals surface area contributed by atoms with Gasteiger partial charge in [-0.3, -0.25) is 9.36 Å². The molecule has 28 heavy (non-hydrogen) atoms. The summed E-state index contributed by atoms with van der Waals surface area (Å²) in [6.45, 7) is 8.35. The van der Waals surface area contributed by atoms with E-state index in [0.717, 1.165) is 48.6 Å². The number of aryl methyl sites for hydroxylation is 3. The van der Waals surface area contributed by atoms with E-state index in [1.807, 2.05) is 6.92 Å². The average Bonchev–Trinajstić information content (AvgIpc) is 3.46. The predicted molar refractivity (Wildman–Crippen MR) is 112 cm³/mol. The normalized spacial score (nSPS) is 18.4. The number of hydrogen-bond donors (Lipinski definition) is 1. The van der Waals surface area contributed by atoms with Gasteiger partial charge in [-0.2, -0.15) is 0 Å². The van der Waals surface area contributed by atoms with Crippen molar-refractivity contribution in [1.82, 2.24) is 25.0 Å². The number of carbonyl (C=O) groups excluding carboxylic acids is 1. The summed E-state index contributed by atoms with van der Waals surface area (Å²) < 4.78 is 2.05. The Kier molecular flexibility index (Phi) is 5.73. The van der Waals surface area contributed by atoms with Gasteiger partial charge in [0.05, 0.1) is 11.4 Å². The Morgan fingerprint density at radius 3 is 2.61 bits per heavy atom. The van der Waals surface area contributed by atoms with Gasteiger partial charge in [-0.25, -0.2) is 0 Å². The second-order valence-electron chi connectivity index (χ2n) is 8.05. The van der Waals surface area contributed by atoms with Crippen LogP contribution in [0.2, 0.25) is 0 Å². The number of amides is 1. The number of carbonyl (C=O) groups is 1. The zero-order valence-electron chi connectivity index (χ0n) is 16.9. The van der Waals surface area contributed by atoms with Gasteiger partial charge in [0.25, 0.3) is 0 Å². The second kappa shape index (κ2) is 8.25. The summed E-state index contributed by atoms with van der Waals surface area (Å²) >= 11 is 1.46. The van der Waals surface area contributed by atoms with E-state index in [1.165, 1.54) is 35.7 Å². The lowest BCUT2D eigenvalue weighted by Crippen LogP contribution is -2.45. The molecule has 1 saturated carbocycles. The number of piperidine rings is 1. The predicted octanol–water partition coefficient (Wildman–Crippen LogP) is 3.03. The van der Waals surface area contributed by atoms with Crippen LogP contribution >= 0.6 is 11.8 Å². The molecule has 2 fully saturated rings. The third kappa shape index (κ3) is 4.41. The number of hydrogen-bond acceptors (Lipinski definition) is 5. The molecular weight excluding hydrogens is 370 g/mol. The number of likely N-dealkylation sites (tertiary alicyclic amines) is 1. The van der Waals surface area contributed by atoms with Crippen LogP contribution in [-0.2, 0) is 4.79 Å². The average molecular weight is 400 g/mol. The number of rotatable bonds is 6. The molecule has 7 heteroatoms. The Balaban J connectivity index is 1.35. The molecule has 2 heterocycles. The van der Waals surface area contributed by atoms with Gasteiger partial charge in [0.15, 0.2) is 5.16 Å². The third-order valence-corrected chi connectivity index (χ3v) is 6.62. The molecule has 1 saturated heterocycles. The second-order valence-corrected chi connectivity index (χ2v) is 9.00. The van der Waals surface area contributed by atoms with Crippen molar-refractivity contribution in [3.05, 3.63) is 35.2 Å². The Hall–Kier alpha value is -1.86. The van der Waals surface area contributed by atoms with Crippen molar-refractivity contribution in [3.8, 4) is 5.69 Å². The van der Waals surface area contributed by atoms with Crippen LogP contribution in [0.1, 0.15) is 42.6 Å². The summed E-state index contributed by atoms with van der Waals surface area (Å²) in [4.78, 5) is 15.1. The van der Waals surface area contributed by atoms with Crippen molar-refractivity contribution in [2.24, 2.45) is 0 Å². The highest BCUT2D eigenvalue weighted by Gasteiger charge is 2.32. The molecule has 1 aliphatic heterocycles. The van der Waals surface area contributed by atoms with Gasteiger partial charge in [0.2, 0.25) is 5.91 Å². The summed E-state index contributed by atoms with van der Waals surface area (Å²) in [5, 5.41) is 12.5. The van der Waals surface area contributed by atoms with Crippen LogP contribution < -0.4 is 5.32 Å². The van der Waals surface area contributed by atoms with Crippen molar-refractivity contribution in [1.29, 1.82) is 0 Å². The zero-order valence-corrected chi connectivity index (χ0v) is 17.8. The molecule has 1 aliphatic carbocycles. The minimum absolute atomic E-state index is 0.0861. The maximum atomic E-state index is 12.5. The van der Waals surface area contributed by atoms with E-state index < -0.39 is 0 Å². The minimum atomic E-state index is 0.0861. The fraction of sp³-hybridized carbons (Fsp3) is 0.571. The van der Waals surface area contributed by atoms with Crippen molar-refractivity contribution in [2.75, 3.05) is 18.8 Å². The topological polar surface area (TPSA) is 63.1 Å². The van der Waals surface area contributed by atoms with E-state index in [-0.39, 0.29) is 5.91 Å². The molecule has 0 radical (unpaired) electrons. The van der Waals surface area contributed by atoms with E-state index in [9.17, 15) is 4.79 Å². The largest absolute Gasteiger partial charge is 0.353 e. The molecule has 150 valence electrons. The minimum Gasteiger partial charge on any atom is -0.353 e. The molecule has 4 rings (SSSR count). The molecule has 0 spiro atoms. The fourth-order valence-corrected chi connectivity index (χ4v) is 4.72. The van der Waals surface area contributed by atoms with E-state index in [4.69, 9.17) is 0 Å². The van der Waals surface area contributed by atoms with Gasteiger partial charge >= 0.3 is 0 Å². The van der Waals surface area contributed by atoms with Crippen molar-refractivity contribution >= 4 is 17.7 Å². The molecule has 0 bridgehead atoms. The van der Waals surface area contributed by atoms with Gasteiger partial charge in [-0.15, -0.1) is 10.2 Å². The Morgan fingerprint density at radius 1 is 1.14 bits per heavy atom. The van der Waals surface area contributed by atoms with Crippen molar-refractivity contribution in [2.45, 2.75) is 63.7 Å². The molecule has 1 aromatic heterocycles. The fourth-order valence-electron chi connectivity index (χ4n) is 3.92. The van der Waals surface area contributed by atoms with E-state index >= 15 is 0 Å². The highest BCUT2D eigenvalue weighted by atomic mass is 32.2. The maximum Gasteiger partial charge on any atom is 0.230 e. The lowest BCUT2D eigenvalue weighted by molar-refractivity contribution is -0.119. The van der Waals surface area contributed by atoms with Gasteiger partial charge in [-0.1, -0.05) is 23.9 Å². The summed E-state index contributed by atoms with van der Waals surface area (Å²) in [6.07, 6.45) is 4.83. The number of thioether (sulfide) groups is 1. The number of nitrogens with one attached hydrogen (secondary N) is 1. The zero-order chi connectivity index (χ0) is 19.7. The van der Waals surface area contributed by atoms with Gasteiger partial charge < -0.3 is 10.2 Å². The third-order valence-electron chi connectivity index (χ3n) is 5.69. The van der Waals surface area contributed by atoms with Gasteiger partial charge in [0, 0.05) is 25.2 Å². The molecule has 2 aromatic rings. The summed E-state index contributed by atoms with van der Waals surface area (Å²) in [5.41, 5.74) is 3.44. The van der Waals surface area contributed by atoms with Crippen LogP contribution in [-0.4, -0.2) is 56.5 Å². The van der Waals surface area contributed by atoms with Crippen LogP contribution in [0, 0.1) is 20.8 Å². The van der Waals surface area contributed by atoms with E-state index in [1.54, 1.807) is 0 Å². The molecule has 2 aliphatic rings. The molecule has 1 amide bonds. The first-order chi connectivity index (χ1) is 13.5. The molecule has 0 unspecified atom stereocenters. The van der Waals surface area contributed by atoms with Gasteiger partial charge in [-0.05, 0) is 63.6 Å². The molecule has 0 atom stereocenters. The van der Waals surface area contributed by atoms with E-state index in [2.05, 4.69) is 57.0 Å². The highest BCUT2D eigenvalue weighted by Crippen LogP contribution is 2.29. The van der Waals surface area contributed by atoms with Crippen molar-refractivity contribution < 1.29 is 4.79 Å². The van der Waals surface area contributed by atoms with E-state index in [0.29, 0.717) is 11.8 Å². The summed E-state index contributed by atoms with van der Waals surface area (Å²) in [6, 6.07) is 7.49. The van der Waals surface area contributed by atoms with Crippen LogP contribution in [0.25, 0.3) is 5.69 Å². The summed E-state index contributed by atoms with van der Waals surface area (Å²) in [7, 11) is 0. The smallest absolute Gasteiger partial charge is 0.230 e. The number of aromatic nitrogens is 3. The summed E-state index contributed by atoms with van der Waals surface area (Å²) in [5.74, 6) is 1.29. The standard InChI is InChI=1S/C21H29N5OS/c1-14-4-5-15(2)19(12-14)26-16(3)23-24-21(26)28-13-20(27)22-17-8-10-25(11-9-17)18-6-7-18/h4-5,12,17-18H,6-11,13H2,1-3H3,(H,22,27). The maximum absolute atomic E-state index is 12.5. The first-order valence-corrected chi connectivity index (χ1v) is 11.2. The number of nitrogens with zero attached hydrogens (tertiary/aromatic N) is 4. The monoisotopic (exact) mass is 399 g/mol. The SMILES string of the molecule is Cc1ccc(C)c(-n2c(C)nnc2SCC(=O)NC2CCN(C3CC3)CC2)c1. The molecule has 1 aromatic carbocycles. The first-order valence-electron chi connectivity index (χ1n) is 10.2. The first kappa shape index (κ1) is 19.5. The van der Waals surface area contributed by atoms with Crippen LogP contribution in [0.5, 0.6) is 0 Å².